The van der Waals surface area contributed by atoms with Crippen molar-refractivity contribution in [3.8, 4) is 0 Å². The van der Waals surface area contributed by atoms with Gasteiger partial charge in [-0.05, 0) is 29.7 Å². The first-order chi connectivity index (χ1) is 10.5. The first-order valence-corrected chi connectivity index (χ1v) is 8.76. The van der Waals surface area contributed by atoms with E-state index in [0.717, 1.165) is 0 Å². The van der Waals surface area contributed by atoms with E-state index in [1.165, 1.54) is 24.3 Å². The number of hydrogen-bond donors (Lipinski definition) is 1. The standard InChI is InChI=1S/C15H16ClNO5S.Na.H/c1-15(2)7-11(18)13(12(19)8-15)14(20)17-23(21,22)10-5-3-9(16)4-6-10;;/h3-6,13H,7-8H2,1-2H3,(H,17,20);;. The van der Waals surface area contributed by atoms with E-state index < -0.39 is 38.8 Å². The van der Waals surface area contributed by atoms with E-state index in [1.54, 1.807) is 18.6 Å². The number of benzene rings is 1. The summed E-state index contributed by atoms with van der Waals surface area (Å²) in [4.78, 5) is 36.0. The molecule has 1 N–H and O–H groups in total. The predicted molar refractivity (Wildman–Crippen MR) is 90.4 cm³/mol. The summed E-state index contributed by atoms with van der Waals surface area (Å²) in [6, 6.07) is 5.18. The Kier molecular flexibility index (Phi) is 6.80. The number of amides is 1. The van der Waals surface area contributed by atoms with Crippen LogP contribution < -0.4 is 4.72 Å². The molecule has 1 aromatic carbocycles. The van der Waals surface area contributed by atoms with Crippen LogP contribution in [-0.2, 0) is 24.4 Å². The molecule has 1 aliphatic rings. The second-order valence-electron chi connectivity index (χ2n) is 6.31. The van der Waals surface area contributed by atoms with Gasteiger partial charge in [-0.1, -0.05) is 25.4 Å². The molecule has 1 fully saturated rings. The fraction of sp³-hybridized carbons (Fsp3) is 0.400. The molecule has 24 heavy (non-hydrogen) atoms. The number of carbonyl (C=O) groups excluding carboxylic acids is 3. The summed E-state index contributed by atoms with van der Waals surface area (Å²) in [6.45, 7) is 3.50. The van der Waals surface area contributed by atoms with E-state index in [9.17, 15) is 22.8 Å². The maximum atomic E-state index is 12.1. The summed E-state index contributed by atoms with van der Waals surface area (Å²) in [5.74, 6) is -3.79. The van der Waals surface area contributed by atoms with Crippen molar-refractivity contribution in [3.05, 3.63) is 29.3 Å². The van der Waals surface area contributed by atoms with E-state index in [2.05, 4.69) is 0 Å². The first kappa shape index (κ1) is 21.3. The van der Waals surface area contributed by atoms with Gasteiger partial charge >= 0.3 is 29.6 Å². The Hall–Kier alpha value is -0.730. The second-order valence-corrected chi connectivity index (χ2v) is 8.43. The number of halogens is 1. The summed E-state index contributed by atoms with van der Waals surface area (Å²) in [5, 5.41) is 0.343. The Balaban J connectivity index is 0.00000288. The van der Waals surface area contributed by atoms with Gasteiger partial charge in [0.05, 0.1) is 4.90 Å². The molecule has 0 heterocycles. The number of hydrogen-bond acceptors (Lipinski definition) is 5. The number of sulfonamides is 1. The molecule has 1 aromatic rings. The van der Waals surface area contributed by atoms with Gasteiger partial charge in [-0.2, -0.15) is 0 Å². The van der Waals surface area contributed by atoms with Gasteiger partial charge in [0.15, 0.2) is 17.5 Å². The molecule has 0 unspecified atom stereocenters. The maximum absolute atomic E-state index is 12.1. The van der Waals surface area contributed by atoms with Gasteiger partial charge in [-0.3, -0.25) is 14.4 Å². The zero-order chi connectivity index (χ0) is 17.4. The van der Waals surface area contributed by atoms with E-state index >= 15 is 0 Å². The van der Waals surface area contributed by atoms with Crippen molar-refractivity contribution in [2.75, 3.05) is 0 Å². The quantitative estimate of drug-likeness (QED) is 0.624. The minimum atomic E-state index is -4.16. The minimum absolute atomic E-state index is 0. The van der Waals surface area contributed by atoms with Crippen molar-refractivity contribution < 1.29 is 22.8 Å². The number of Topliss-reactive ketones (excluding diaryl/α,β-unsaturated/α-hetero) is 2. The van der Waals surface area contributed by atoms with Crippen LogP contribution in [0.2, 0.25) is 5.02 Å². The topological polar surface area (TPSA) is 97.4 Å². The van der Waals surface area contributed by atoms with Crippen molar-refractivity contribution in [1.82, 2.24) is 4.72 Å². The first-order valence-electron chi connectivity index (χ1n) is 6.89. The molecule has 9 heteroatoms. The van der Waals surface area contributed by atoms with Gasteiger partial charge in [0.1, 0.15) is 0 Å². The Morgan fingerprint density at radius 3 is 2.04 bits per heavy atom. The molecule has 0 aliphatic heterocycles. The number of ketones is 2. The average Bonchev–Trinajstić information content (AvgIpc) is 2.35. The van der Waals surface area contributed by atoms with Crippen molar-refractivity contribution in [3.63, 3.8) is 0 Å². The molecule has 6 nitrogen and oxygen atoms in total. The third-order valence-electron chi connectivity index (χ3n) is 3.57. The van der Waals surface area contributed by atoms with E-state index in [0.29, 0.717) is 5.02 Å². The fourth-order valence-electron chi connectivity index (χ4n) is 2.55. The van der Waals surface area contributed by atoms with Crippen LogP contribution in [0.3, 0.4) is 0 Å². The molecule has 126 valence electrons. The molecule has 0 atom stereocenters. The van der Waals surface area contributed by atoms with Crippen LogP contribution in [0.4, 0.5) is 0 Å². The Morgan fingerprint density at radius 2 is 1.58 bits per heavy atom. The molecule has 0 saturated heterocycles. The number of rotatable bonds is 3. The summed E-state index contributed by atoms with van der Waals surface area (Å²) < 4.78 is 26.1. The van der Waals surface area contributed by atoms with Crippen LogP contribution in [0.25, 0.3) is 0 Å². The molecule has 0 radical (unpaired) electrons. The molecular formula is C15H17ClNNaO5S. The molecule has 1 amide bonds. The SMILES string of the molecule is CC1(C)CC(=O)C(C(=O)NS(=O)(=O)c2ccc(Cl)cc2)C(=O)C1.[NaH]. The van der Waals surface area contributed by atoms with Gasteiger partial charge in [-0.25, -0.2) is 13.1 Å². The second kappa shape index (κ2) is 7.66. The van der Waals surface area contributed by atoms with Crippen LogP contribution in [0.15, 0.2) is 29.2 Å². The molecular weight excluding hydrogens is 365 g/mol. The van der Waals surface area contributed by atoms with Gasteiger partial charge < -0.3 is 0 Å². The van der Waals surface area contributed by atoms with Gasteiger partial charge in [0, 0.05) is 17.9 Å². The van der Waals surface area contributed by atoms with Crippen LogP contribution >= 0.6 is 11.6 Å². The van der Waals surface area contributed by atoms with Gasteiger partial charge in [0.2, 0.25) is 0 Å². The monoisotopic (exact) mass is 381 g/mol. The van der Waals surface area contributed by atoms with Crippen molar-refractivity contribution >= 4 is 68.7 Å². The Morgan fingerprint density at radius 1 is 1.12 bits per heavy atom. The van der Waals surface area contributed by atoms with Crippen molar-refractivity contribution in [2.24, 2.45) is 11.3 Å². The predicted octanol–water partition coefficient (Wildman–Crippen LogP) is 1.07. The van der Waals surface area contributed by atoms with Crippen molar-refractivity contribution in [2.45, 2.75) is 31.6 Å². The van der Waals surface area contributed by atoms with E-state index in [4.69, 9.17) is 11.6 Å². The van der Waals surface area contributed by atoms with Crippen LogP contribution in [-0.4, -0.2) is 55.4 Å². The molecule has 2 rings (SSSR count). The number of nitrogens with one attached hydrogen (secondary N) is 1. The zero-order valence-corrected chi connectivity index (χ0v) is 14.2. The summed E-state index contributed by atoms with van der Waals surface area (Å²) in [6.07, 6.45) is 0.107. The normalized spacial score (nSPS) is 18.0. The van der Waals surface area contributed by atoms with Gasteiger partial charge in [0.25, 0.3) is 15.9 Å². The van der Waals surface area contributed by atoms with Gasteiger partial charge in [-0.15, -0.1) is 0 Å². The Bertz CT molecular complexity index is 754. The Labute approximate surface area is 167 Å². The fourth-order valence-corrected chi connectivity index (χ4v) is 3.67. The summed E-state index contributed by atoms with van der Waals surface area (Å²) >= 11 is 5.68. The molecule has 0 aromatic heterocycles. The van der Waals surface area contributed by atoms with Crippen molar-refractivity contribution in [1.29, 1.82) is 0 Å². The molecule has 1 aliphatic carbocycles. The summed E-state index contributed by atoms with van der Waals surface area (Å²) in [7, 11) is -4.16. The van der Waals surface area contributed by atoms with Crippen LogP contribution in [0, 0.1) is 11.3 Å². The number of carbonyl (C=O) groups is 3. The molecule has 0 bridgehead atoms. The third kappa shape index (κ3) is 4.89. The van der Waals surface area contributed by atoms with Crippen LogP contribution in [0.1, 0.15) is 26.7 Å². The van der Waals surface area contributed by atoms with Crippen LogP contribution in [0.5, 0.6) is 0 Å². The van der Waals surface area contributed by atoms with E-state index in [1.807, 2.05) is 0 Å². The molecule has 1 saturated carbocycles. The summed E-state index contributed by atoms with van der Waals surface area (Å²) in [5.41, 5.74) is -0.514. The third-order valence-corrected chi connectivity index (χ3v) is 5.19. The zero-order valence-electron chi connectivity index (χ0n) is 12.6. The van der Waals surface area contributed by atoms with E-state index in [-0.39, 0.29) is 47.3 Å². The molecule has 0 spiro atoms. The average molecular weight is 382 g/mol.